The number of hydrogen-bond donors (Lipinski definition) is 0. The van der Waals surface area contributed by atoms with Crippen LogP contribution in [-0.2, 0) is 19.5 Å². The zero-order chi connectivity index (χ0) is 21.2. The molecule has 3 aromatic rings. The number of halogens is 1. The Morgan fingerprint density at radius 2 is 1.91 bits per heavy atom. The molecule has 1 aromatic carbocycles. The second-order valence-electron chi connectivity index (χ2n) is 8.52. The maximum atomic E-state index is 13.0. The van der Waals surface area contributed by atoms with Crippen molar-refractivity contribution in [3.63, 3.8) is 0 Å². The summed E-state index contributed by atoms with van der Waals surface area (Å²) in [7, 11) is 0. The number of carbonyl (C=O) groups excluding carboxylic acids is 1. The van der Waals surface area contributed by atoms with Crippen molar-refractivity contribution in [3.05, 3.63) is 70.8 Å². The topological polar surface area (TPSA) is 67.2 Å². The number of nitrogens with zero attached hydrogens (tertiary/aromatic N) is 6. The van der Waals surface area contributed by atoms with E-state index in [1.807, 2.05) is 35.0 Å². The van der Waals surface area contributed by atoms with E-state index in [2.05, 4.69) is 44.5 Å². The Morgan fingerprint density at radius 3 is 2.69 bits per heavy atom. The molecule has 8 heteroatoms. The summed E-state index contributed by atoms with van der Waals surface area (Å²) in [5, 5.41) is 8.69. The lowest BCUT2D eigenvalue weighted by molar-refractivity contribution is 0.0717. The van der Waals surface area contributed by atoms with Crippen molar-refractivity contribution >= 4 is 18.3 Å². The average molecular weight is 453 g/mol. The Bertz CT molecular complexity index is 1080. The van der Waals surface area contributed by atoms with Crippen LogP contribution in [0.4, 0.5) is 0 Å². The molecule has 0 aliphatic carbocycles. The third-order valence-electron chi connectivity index (χ3n) is 6.42. The van der Waals surface area contributed by atoms with E-state index < -0.39 is 0 Å². The van der Waals surface area contributed by atoms with Gasteiger partial charge in [0, 0.05) is 45.1 Å². The lowest BCUT2D eigenvalue weighted by Crippen LogP contribution is -2.36. The molecule has 32 heavy (non-hydrogen) atoms. The van der Waals surface area contributed by atoms with E-state index in [0.717, 1.165) is 63.4 Å². The number of hydrogen-bond acceptors (Lipinski definition) is 5. The third-order valence-corrected chi connectivity index (χ3v) is 6.42. The number of aromatic nitrogens is 4. The van der Waals surface area contributed by atoms with Gasteiger partial charge in [0.05, 0.1) is 11.4 Å². The highest BCUT2D eigenvalue weighted by Crippen LogP contribution is 2.27. The van der Waals surface area contributed by atoms with Crippen LogP contribution in [0.25, 0.3) is 5.69 Å². The zero-order valence-corrected chi connectivity index (χ0v) is 19.2. The van der Waals surface area contributed by atoms with Gasteiger partial charge in [-0.3, -0.25) is 14.7 Å². The van der Waals surface area contributed by atoms with Crippen molar-refractivity contribution in [3.8, 4) is 5.69 Å². The number of piperidine rings is 1. The fourth-order valence-electron chi connectivity index (χ4n) is 4.73. The van der Waals surface area contributed by atoms with Gasteiger partial charge in [0.1, 0.15) is 0 Å². The van der Waals surface area contributed by atoms with Gasteiger partial charge >= 0.3 is 0 Å². The molecule has 0 saturated carbocycles. The molecule has 0 bridgehead atoms. The van der Waals surface area contributed by atoms with Crippen molar-refractivity contribution in [1.82, 2.24) is 29.8 Å². The van der Waals surface area contributed by atoms with Crippen LogP contribution in [0, 0.1) is 6.92 Å². The van der Waals surface area contributed by atoms with Crippen LogP contribution in [-0.4, -0.2) is 55.3 Å². The smallest absolute Gasteiger partial charge is 0.276 e. The Hall–Kier alpha value is -2.77. The Balaban J connectivity index is 0.00000245. The highest BCUT2D eigenvalue weighted by atomic mass is 35.5. The summed E-state index contributed by atoms with van der Waals surface area (Å²) in [5.74, 6) is 0.0101. The average Bonchev–Trinajstić information content (AvgIpc) is 3.20. The molecule has 2 aromatic heterocycles. The maximum Gasteiger partial charge on any atom is 0.276 e. The van der Waals surface area contributed by atoms with E-state index in [1.54, 1.807) is 0 Å². The molecule has 0 atom stereocenters. The molecular formula is C24H29ClN6O. The molecule has 0 unspecified atom stereocenters. The predicted molar refractivity (Wildman–Crippen MR) is 125 cm³/mol. The molecule has 5 rings (SSSR count). The summed E-state index contributed by atoms with van der Waals surface area (Å²) in [4.78, 5) is 21.6. The van der Waals surface area contributed by atoms with Crippen molar-refractivity contribution in [2.45, 2.75) is 45.7 Å². The van der Waals surface area contributed by atoms with Gasteiger partial charge in [-0.2, -0.15) is 0 Å². The predicted octanol–water partition coefficient (Wildman–Crippen LogP) is 3.58. The van der Waals surface area contributed by atoms with Gasteiger partial charge in [0.15, 0.2) is 5.69 Å². The van der Waals surface area contributed by atoms with Gasteiger partial charge in [0.25, 0.3) is 5.91 Å². The number of amides is 1. The molecule has 1 amide bonds. The standard InChI is InChI=1S/C24H28N6O.ClH/c1-18-23(24(31)29-12-3-2-4-13-29)26-27-30(18)22-9-5-8-20-17-28(14-10-21(20)22)16-19-7-6-11-25-15-19;/h5-9,11,15H,2-4,10,12-14,16-17H2,1H3;1H. The van der Waals surface area contributed by atoms with Gasteiger partial charge in [0.2, 0.25) is 0 Å². The second kappa shape index (κ2) is 9.79. The lowest BCUT2D eigenvalue weighted by Gasteiger charge is -2.30. The van der Waals surface area contributed by atoms with E-state index in [4.69, 9.17) is 0 Å². The number of pyridine rings is 1. The first-order valence-electron chi connectivity index (χ1n) is 11.1. The summed E-state index contributed by atoms with van der Waals surface area (Å²) < 4.78 is 1.85. The molecule has 1 fully saturated rings. The van der Waals surface area contributed by atoms with Gasteiger partial charge < -0.3 is 4.90 Å². The minimum Gasteiger partial charge on any atom is -0.337 e. The molecule has 168 valence electrons. The first-order chi connectivity index (χ1) is 15.2. The summed E-state index contributed by atoms with van der Waals surface area (Å²) in [6, 6.07) is 10.5. The minimum atomic E-state index is 0. The number of benzene rings is 1. The van der Waals surface area contributed by atoms with E-state index >= 15 is 0 Å². The number of rotatable bonds is 4. The van der Waals surface area contributed by atoms with Crippen LogP contribution in [0.15, 0.2) is 42.7 Å². The second-order valence-corrected chi connectivity index (χ2v) is 8.52. The third kappa shape index (κ3) is 4.40. The fraction of sp³-hybridized carbons (Fsp3) is 0.417. The van der Waals surface area contributed by atoms with Gasteiger partial charge in [-0.15, -0.1) is 17.5 Å². The highest BCUT2D eigenvalue weighted by Gasteiger charge is 2.26. The Labute approximate surface area is 194 Å². The monoisotopic (exact) mass is 452 g/mol. The van der Waals surface area contributed by atoms with E-state index in [0.29, 0.717) is 5.69 Å². The molecule has 1 saturated heterocycles. The highest BCUT2D eigenvalue weighted by molar-refractivity contribution is 5.93. The van der Waals surface area contributed by atoms with E-state index in [1.165, 1.54) is 23.1 Å². The molecule has 2 aliphatic heterocycles. The number of fused-ring (bicyclic) bond motifs is 1. The quantitative estimate of drug-likeness (QED) is 0.605. The number of likely N-dealkylation sites (tertiary alicyclic amines) is 1. The van der Waals surface area contributed by atoms with Crippen LogP contribution in [0.2, 0.25) is 0 Å². The Kier molecular flexibility index (Phi) is 6.86. The summed E-state index contributed by atoms with van der Waals surface area (Å²) in [5.41, 5.74) is 6.19. The van der Waals surface area contributed by atoms with Gasteiger partial charge in [-0.05, 0) is 61.4 Å². The summed E-state index contributed by atoms with van der Waals surface area (Å²) in [6.07, 6.45) is 8.03. The normalized spacial score (nSPS) is 16.3. The molecule has 4 heterocycles. The van der Waals surface area contributed by atoms with Crippen molar-refractivity contribution in [1.29, 1.82) is 0 Å². The van der Waals surface area contributed by atoms with Gasteiger partial charge in [-0.1, -0.05) is 23.4 Å². The van der Waals surface area contributed by atoms with E-state index in [-0.39, 0.29) is 18.3 Å². The largest absolute Gasteiger partial charge is 0.337 e. The van der Waals surface area contributed by atoms with Crippen LogP contribution in [0.1, 0.15) is 52.1 Å². The zero-order valence-electron chi connectivity index (χ0n) is 18.4. The molecule has 0 radical (unpaired) electrons. The van der Waals surface area contributed by atoms with Crippen molar-refractivity contribution < 1.29 is 4.79 Å². The molecule has 0 spiro atoms. The van der Waals surface area contributed by atoms with Crippen LogP contribution in [0.3, 0.4) is 0 Å². The molecule has 2 aliphatic rings. The molecule has 7 nitrogen and oxygen atoms in total. The first kappa shape index (κ1) is 22.4. The fourth-order valence-corrected chi connectivity index (χ4v) is 4.73. The number of carbonyl (C=O) groups is 1. The maximum absolute atomic E-state index is 13.0. The van der Waals surface area contributed by atoms with Crippen LogP contribution in [0.5, 0.6) is 0 Å². The van der Waals surface area contributed by atoms with E-state index in [9.17, 15) is 4.79 Å². The van der Waals surface area contributed by atoms with Crippen molar-refractivity contribution in [2.75, 3.05) is 19.6 Å². The SMILES string of the molecule is Cc1c(C(=O)N2CCCCC2)nnn1-c1cccc2c1CCN(Cc1cccnc1)C2.Cl. The van der Waals surface area contributed by atoms with Gasteiger partial charge in [-0.25, -0.2) is 4.68 Å². The van der Waals surface area contributed by atoms with Crippen molar-refractivity contribution in [2.24, 2.45) is 0 Å². The summed E-state index contributed by atoms with van der Waals surface area (Å²) in [6.45, 7) is 6.36. The lowest BCUT2D eigenvalue weighted by atomic mass is 9.97. The first-order valence-corrected chi connectivity index (χ1v) is 11.1. The van der Waals surface area contributed by atoms with Crippen LogP contribution >= 0.6 is 12.4 Å². The Morgan fingerprint density at radius 1 is 1.06 bits per heavy atom. The molecular weight excluding hydrogens is 424 g/mol. The summed E-state index contributed by atoms with van der Waals surface area (Å²) >= 11 is 0. The molecule has 0 N–H and O–H groups in total. The minimum absolute atomic E-state index is 0. The van der Waals surface area contributed by atoms with Crippen LogP contribution < -0.4 is 0 Å².